The third-order valence-corrected chi connectivity index (χ3v) is 3.02. The van der Waals surface area contributed by atoms with Crippen molar-refractivity contribution >= 4 is 5.91 Å². The minimum atomic E-state index is -0.0336. The molecule has 1 spiro atoms. The molecule has 1 aliphatic heterocycles. The number of hydrogen-bond acceptors (Lipinski definition) is 1. The summed E-state index contributed by atoms with van der Waals surface area (Å²) in [7, 11) is 0. The Morgan fingerprint density at radius 1 is 1.58 bits per heavy atom. The molecule has 2 heteroatoms. The fourth-order valence-corrected chi connectivity index (χ4v) is 2.39. The highest BCUT2D eigenvalue weighted by Gasteiger charge is 2.44. The highest BCUT2D eigenvalue weighted by Crippen LogP contribution is 2.40. The van der Waals surface area contributed by atoms with Gasteiger partial charge in [0, 0.05) is 6.04 Å². The molecular weight excluding hydrogens is 150 g/mol. The average molecular weight is 165 g/mol. The molecule has 2 atom stereocenters. The summed E-state index contributed by atoms with van der Waals surface area (Å²) in [6.07, 6.45) is 8.42. The van der Waals surface area contributed by atoms with E-state index < -0.39 is 0 Å². The molecule has 0 aromatic rings. The predicted octanol–water partition coefficient (Wildman–Crippen LogP) is 1.62. The van der Waals surface area contributed by atoms with Crippen molar-refractivity contribution in [2.24, 2.45) is 5.41 Å². The van der Waals surface area contributed by atoms with Crippen molar-refractivity contribution in [3.8, 4) is 0 Å². The normalized spacial score (nSPS) is 40.4. The van der Waals surface area contributed by atoms with Crippen LogP contribution in [0.25, 0.3) is 0 Å². The third-order valence-electron chi connectivity index (χ3n) is 3.02. The first kappa shape index (κ1) is 7.84. The van der Waals surface area contributed by atoms with Crippen LogP contribution in [0.4, 0.5) is 0 Å². The maximum Gasteiger partial charge on any atom is 0.226 e. The summed E-state index contributed by atoms with van der Waals surface area (Å²) in [6, 6.07) is 0.379. The van der Waals surface area contributed by atoms with Crippen LogP contribution in [0.2, 0.25) is 0 Å². The molecule has 1 aliphatic carbocycles. The van der Waals surface area contributed by atoms with Gasteiger partial charge in [-0.1, -0.05) is 12.2 Å². The second-order valence-electron chi connectivity index (χ2n) is 4.07. The number of amides is 1. The Kier molecular flexibility index (Phi) is 1.71. The Balaban J connectivity index is 2.20. The number of rotatable bonds is 0. The van der Waals surface area contributed by atoms with Crippen LogP contribution in [0.5, 0.6) is 0 Å². The van der Waals surface area contributed by atoms with Gasteiger partial charge in [0.2, 0.25) is 5.91 Å². The molecule has 0 aromatic heterocycles. The molecule has 2 aliphatic rings. The lowest BCUT2D eigenvalue weighted by Crippen LogP contribution is -2.32. The second kappa shape index (κ2) is 2.61. The Morgan fingerprint density at radius 2 is 2.42 bits per heavy atom. The van der Waals surface area contributed by atoms with Crippen molar-refractivity contribution in [2.45, 2.75) is 38.6 Å². The first-order valence-corrected chi connectivity index (χ1v) is 4.69. The third kappa shape index (κ3) is 1.06. The Labute approximate surface area is 73.0 Å². The van der Waals surface area contributed by atoms with E-state index in [0.29, 0.717) is 6.04 Å². The molecule has 0 saturated carbocycles. The lowest BCUT2D eigenvalue weighted by Gasteiger charge is -2.26. The van der Waals surface area contributed by atoms with Crippen molar-refractivity contribution in [1.82, 2.24) is 5.32 Å². The fourth-order valence-electron chi connectivity index (χ4n) is 2.39. The highest BCUT2D eigenvalue weighted by molar-refractivity contribution is 5.85. The summed E-state index contributed by atoms with van der Waals surface area (Å²) in [5.41, 5.74) is -0.0336. The number of carbonyl (C=O) groups excluding carboxylic acids is 1. The Hall–Kier alpha value is -0.790. The van der Waals surface area contributed by atoms with E-state index in [2.05, 4.69) is 24.4 Å². The van der Waals surface area contributed by atoms with Crippen LogP contribution in [-0.2, 0) is 4.79 Å². The summed E-state index contributed by atoms with van der Waals surface area (Å²) in [6.45, 7) is 2.09. The average Bonchev–Trinajstić information content (AvgIpc) is 2.29. The van der Waals surface area contributed by atoms with Gasteiger partial charge in [-0.15, -0.1) is 0 Å². The lowest BCUT2D eigenvalue weighted by molar-refractivity contribution is -0.128. The predicted molar refractivity (Wildman–Crippen MR) is 47.6 cm³/mol. The largest absolute Gasteiger partial charge is 0.353 e. The monoisotopic (exact) mass is 165 g/mol. The van der Waals surface area contributed by atoms with Crippen LogP contribution in [0.3, 0.4) is 0 Å². The molecule has 2 nitrogen and oxygen atoms in total. The smallest absolute Gasteiger partial charge is 0.226 e. The maximum absolute atomic E-state index is 11.6. The zero-order valence-corrected chi connectivity index (χ0v) is 7.47. The van der Waals surface area contributed by atoms with Gasteiger partial charge in [-0.2, -0.15) is 0 Å². The second-order valence-corrected chi connectivity index (χ2v) is 4.07. The summed E-state index contributed by atoms with van der Waals surface area (Å²) in [5.74, 6) is 0.277. The van der Waals surface area contributed by atoms with Crippen LogP contribution < -0.4 is 5.32 Å². The zero-order chi connectivity index (χ0) is 8.60. The van der Waals surface area contributed by atoms with E-state index in [1.807, 2.05) is 0 Å². The van der Waals surface area contributed by atoms with Gasteiger partial charge >= 0.3 is 0 Å². The van der Waals surface area contributed by atoms with Crippen molar-refractivity contribution in [3.63, 3.8) is 0 Å². The minimum absolute atomic E-state index is 0.0336. The molecule has 1 heterocycles. The van der Waals surface area contributed by atoms with E-state index in [1.54, 1.807) is 0 Å². The van der Waals surface area contributed by atoms with Gasteiger partial charge < -0.3 is 5.32 Å². The van der Waals surface area contributed by atoms with Gasteiger partial charge in [-0.05, 0) is 32.6 Å². The lowest BCUT2D eigenvalue weighted by atomic mass is 9.75. The standard InChI is InChI=1S/C10H15NO/c1-8-7-10(9(12)11-8)5-3-2-4-6-10/h2-3,8H,4-7H2,1H3,(H,11,12). The van der Waals surface area contributed by atoms with E-state index >= 15 is 0 Å². The van der Waals surface area contributed by atoms with Crippen molar-refractivity contribution < 1.29 is 4.79 Å². The maximum atomic E-state index is 11.6. The molecule has 1 N–H and O–H groups in total. The molecule has 2 unspecified atom stereocenters. The van der Waals surface area contributed by atoms with E-state index in [-0.39, 0.29) is 11.3 Å². The number of carbonyl (C=O) groups is 1. The molecule has 0 aromatic carbocycles. The van der Waals surface area contributed by atoms with Gasteiger partial charge in [-0.25, -0.2) is 0 Å². The van der Waals surface area contributed by atoms with Crippen LogP contribution >= 0.6 is 0 Å². The molecule has 1 fully saturated rings. The summed E-state index contributed by atoms with van der Waals surface area (Å²) in [5, 5.41) is 3.00. The first-order valence-electron chi connectivity index (χ1n) is 4.69. The SMILES string of the molecule is CC1CC2(CC=CCC2)C(=O)N1. The van der Waals surface area contributed by atoms with Crippen LogP contribution in [-0.4, -0.2) is 11.9 Å². The number of allylic oxidation sites excluding steroid dienone is 2. The minimum Gasteiger partial charge on any atom is -0.353 e. The molecule has 0 radical (unpaired) electrons. The molecule has 1 saturated heterocycles. The van der Waals surface area contributed by atoms with E-state index in [0.717, 1.165) is 25.7 Å². The van der Waals surface area contributed by atoms with Gasteiger partial charge in [-0.3, -0.25) is 4.79 Å². The van der Waals surface area contributed by atoms with Crippen molar-refractivity contribution in [2.75, 3.05) is 0 Å². The van der Waals surface area contributed by atoms with Gasteiger partial charge in [0.15, 0.2) is 0 Å². The summed E-state index contributed by atoms with van der Waals surface area (Å²) in [4.78, 5) is 11.6. The van der Waals surface area contributed by atoms with E-state index in [1.165, 1.54) is 0 Å². The molecule has 2 rings (SSSR count). The Bertz CT molecular complexity index is 234. The number of nitrogens with one attached hydrogen (secondary N) is 1. The summed E-state index contributed by atoms with van der Waals surface area (Å²) < 4.78 is 0. The molecule has 66 valence electrons. The van der Waals surface area contributed by atoms with Crippen molar-refractivity contribution in [1.29, 1.82) is 0 Å². The Morgan fingerprint density at radius 3 is 2.92 bits per heavy atom. The first-order chi connectivity index (χ1) is 5.73. The molecule has 0 bridgehead atoms. The van der Waals surface area contributed by atoms with Crippen LogP contribution in [0.1, 0.15) is 32.6 Å². The van der Waals surface area contributed by atoms with Crippen molar-refractivity contribution in [3.05, 3.63) is 12.2 Å². The van der Waals surface area contributed by atoms with Crippen LogP contribution in [0.15, 0.2) is 12.2 Å². The molecule has 1 amide bonds. The molecule has 12 heavy (non-hydrogen) atoms. The van der Waals surface area contributed by atoms with Gasteiger partial charge in [0.05, 0.1) is 5.41 Å². The van der Waals surface area contributed by atoms with Gasteiger partial charge in [0.25, 0.3) is 0 Å². The fraction of sp³-hybridized carbons (Fsp3) is 0.700. The quantitative estimate of drug-likeness (QED) is 0.543. The highest BCUT2D eigenvalue weighted by atomic mass is 16.2. The topological polar surface area (TPSA) is 29.1 Å². The zero-order valence-electron chi connectivity index (χ0n) is 7.47. The molecular formula is C10H15NO. The van der Waals surface area contributed by atoms with E-state index in [4.69, 9.17) is 0 Å². The number of hydrogen-bond donors (Lipinski definition) is 1. The summed E-state index contributed by atoms with van der Waals surface area (Å²) >= 11 is 0. The van der Waals surface area contributed by atoms with Gasteiger partial charge in [0.1, 0.15) is 0 Å². The van der Waals surface area contributed by atoms with Crippen LogP contribution in [0, 0.1) is 5.41 Å². The van der Waals surface area contributed by atoms with E-state index in [9.17, 15) is 4.79 Å².